The second-order valence-corrected chi connectivity index (χ2v) is 5.19. The Kier molecular flexibility index (Phi) is 2.70. The molecule has 0 saturated carbocycles. The van der Waals surface area contributed by atoms with Gasteiger partial charge in [-0.2, -0.15) is 0 Å². The molecule has 1 heterocycles. The first-order valence-corrected chi connectivity index (χ1v) is 6.45. The number of ketones is 1. The number of nitrogens with zero attached hydrogens (tertiary/aromatic N) is 1. The lowest BCUT2D eigenvalue weighted by Gasteiger charge is -2.06. The SMILES string of the molecule is O=C1CCCc2nc(-c3ccc(F)cc3F)sc21. The third-order valence-corrected chi connectivity index (χ3v) is 4.10. The molecule has 0 spiro atoms. The summed E-state index contributed by atoms with van der Waals surface area (Å²) in [4.78, 5) is 16.6. The maximum atomic E-state index is 13.6. The Morgan fingerprint density at radius 3 is 2.78 bits per heavy atom. The first-order chi connectivity index (χ1) is 8.65. The minimum atomic E-state index is -0.645. The summed E-state index contributed by atoms with van der Waals surface area (Å²) in [5.41, 5.74) is 0.999. The summed E-state index contributed by atoms with van der Waals surface area (Å²) in [6.45, 7) is 0. The van der Waals surface area contributed by atoms with Gasteiger partial charge in [0.25, 0.3) is 0 Å². The molecule has 0 fully saturated rings. The third kappa shape index (κ3) is 1.84. The highest BCUT2D eigenvalue weighted by atomic mass is 32.1. The summed E-state index contributed by atoms with van der Waals surface area (Å²) in [6.07, 6.45) is 2.07. The van der Waals surface area contributed by atoms with Crippen LogP contribution in [0.25, 0.3) is 10.6 Å². The third-order valence-electron chi connectivity index (χ3n) is 2.93. The number of halogens is 2. The first kappa shape index (κ1) is 11.5. The van der Waals surface area contributed by atoms with Gasteiger partial charge in [0.2, 0.25) is 0 Å². The molecule has 0 radical (unpaired) electrons. The van der Waals surface area contributed by atoms with Crippen LogP contribution in [-0.4, -0.2) is 10.8 Å². The Morgan fingerprint density at radius 2 is 2.06 bits per heavy atom. The van der Waals surface area contributed by atoms with Crippen LogP contribution in [0.4, 0.5) is 8.78 Å². The van der Waals surface area contributed by atoms with Crippen LogP contribution in [0.15, 0.2) is 18.2 Å². The van der Waals surface area contributed by atoms with E-state index in [0.717, 1.165) is 24.6 Å². The molecule has 18 heavy (non-hydrogen) atoms. The van der Waals surface area contributed by atoms with Gasteiger partial charge in [-0.3, -0.25) is 4.79 Å². The van der Waals surface area contributed by atoms with Crippen LogP contribution in [0.2, 0.25) is 0 Å². The average molecular weight is 265 g/mol. The molecule has 0 saturated heterocycles. The van der Waals surface area contributed by atoms with Crippen LogP contribution in [0.1, 0.15) is 28.2 Å². The van der Waals surface area contributed by atoms with Crippen molar-refractivity contribution in [1.82, 2.24) is 4.98 Å². The molecule has 1 aliphatic rings. The molecule has 2 nitrogen and oxygen atoms in total. The fraction of sp³-hybridized carbons (Fsp3) is 0.231. The van der Waals surface area contributed by atoms with Gasteiger partial charge in [0.1, 0.15) is 16.6 Å². The van der Waals surface area contributed by atoms with Crippen LogP contribution in [0.3, 0.4) is 0 Å². The lowest BCUT2D eigenvalue weighted by atomic mass is 10.0. The molecule has 1 aromatic carbocycles. The van der Waals surface area contributed by atoms with Crippen LogP contribution < -0.4 is 0 Å². The Hall–Kier alpha value is -1.62. The smallest absolute Gasteiger partial charge is 0.174 e. The van der Waals surface area contributed by atoms with E-state index < -0.39 is 11.6 Å². The lowest BCUT2D eigenvalue weighted by Crippen LogP contribution is -2.07. The number of carbonyl (C=O) groups is 1. The molecule has 3 rings (SSSR count). The number of thiazole rings is 1. The van der Waals surface area contributed by atoms with E-state index in [0.29, 0.717) is 16.3 Å². The quantitative estimate of drug-likeness (QED) is 0.788. The summed E-state index contributed by atoms with van der Waals surface area (Å²) in [6, 6.07) is 3.39. The highest BCUT2D eigenvalue weighted by Gasteiger charge is 2.23. The number of benzene rings is 1. The molecule has 5 heteroatoms. The van der Waals surface area contributed by atoms with Crippen molar-refractivity contribution in [1.29, 1.82) is 0 Å². The highest BCUT2D eigenvalue weighted by Crippen LogP contribution is 2.33. The van der Waals surface area contributed by atoms with Crippen molar-refractivity contribution in [2.24, 2.45) is 0 Å². The van der Waals surface area contributed by atoms with E-state index in [1.807, 2.05) is 0 Å². The zero-order chi connectivity index (χ0) is 12.7. The van der Waals surface area contributed by atoms with Crippen LogP contribution >= 0.6 is 11.3 Å². The lowest BCUT2D eigenvalue weighted by molar-refractivity contribution is 0.0976. The van der Waals surface area contributed by atoms with Crippen molar-refractivity contribution in [3.8, 4) is 10.6 Å². The molecule has 0 aliphatic heterocycles. The molecule has 92 valence electrons. The van der Waals surface area contributed by atoms with Gasteiger partial charge in [0.15, 0.2) is 5.78 Å². The van der Waals surface area contributed by atoms with Gasteiger partial charge in [-0.05, 0) is 25.0 Å². The molecule has 0 atom stereocenters. The van der Waals surface area contributed by atoms with Gasteiger partial charge in [-0.25, -0.2) is 13.8 Å². The number of carbonyl (C=O) groups excluding carboxylic acids is 1. The van der Waals surface area contributed by atoms with Crippen molar-refractivity contribution >= 4 is 17.1 Å². The maximum absolute atomic E-state index is 13.6. The van der Waals surface area contributed by atoms with E-state index in [9.17, 15) is 13.6 Å². The summed E-state index contributed by atoms with van der Waals surface area (Å²) in [5.74, 6) is -1.19. The molecular formula is C13H9F2NOS. The maximum Gasteiger partial charge on any atom is 0.174 e. The molecule has 0 unspecified atom stereocenters. The zero-order valence-corrected chi connectivity index (χ0v) is 10.2. The van der Waals surface area contributed by atoms with Gasteiger partial charge in [-0.1, -0.05) is 0 Å². The fourth-order valence-electron chi connectivity index (χ4n) is 2.05. The van der Waals surface area contributed by atoms with E-state index in [-0.39, 0.29) is 11.3 Å². The van der Waals surface area contributed by atoms with E-state index in [2.05, 4.69) is 4.98 Å². The van der Waals surface area contributed by atoms with Crippen molar-refractivity contribution < 1.29 is 13.6 Å². The minimum absolute atomic E-state index is 0.0718. The number of Topliss-reactive ketones (excluding diaryl/α,β-unsaturated/α-hetero) is 1. The summed E-state index contributed by atoms with van der Waals surface area (Å²) in [7, 11) is 0. The van der Waals surface area contributed by atoms with Gasteiger partial charge in [-0.15, -0.1) is 11.3 Å². The predicted molar refractivity (Wildman–Crippen MR) is 64.7 cm³/mol. The van der Waals surface area contributed by atoms with Crippen molar-refractivity contribution in [3.63, 3.8) is 0 Å². The Bertz CT molecular complexity index is 636. The Balaban J connectivity index is 2.10. The summed E-state index contributed by atoms with van der Waals surface area (Å²) in [5, 5.41) is 0.452. The second-order valence-electron chi connectivity index (χ2n) is 4.20. The van der Waals surface area contributed by atoms with Crippen molar-refractivity contribution in [2.75, 3.05) is 0 Å². The van der Waals surface area contributed by atoms with Crippen molar-refractivity contribution in [2.45, 2.75) is 19.3 Å². The largest absolute Gasteiger partial charge is 0.293 e. The topological polar surface area (TPSA) is 30.0 Å². The van der Waals surface area contributed by atoms with E-state index >= 15 is 0 Å². The van der Waals surface area contributed by atoms with Gasteiger partial charge in [0, 0.05) is 18.1 Å². The zero-order valence-electron chi connectivity index (χ0n) is 9.37. The Labute approximate surface area is 106 Å². The van der Waals surface area contributed by atoms with Crippen LogP contribution in [0, 0.1) is 11.6 Å². The standard InChI is InChI=1S/C13H9F2NOS/c14-7-4-5-8(9(15)6-7)13-16-10-2-1-3-11(17)12(10)18-13/h4-6H,1-3H2. The average Bonchev–Trinajstić information content (AvgIpc) is 2.74. The number of rotatable bonds is 1. The monoisotopic (exact) mass is 265 g/mol. The van der Waals surface area contributed by atoms with Crippen LogP contribution in [-0.2, 0) is 6.42 Å². The number of hydrogen-bond acceptors (Lipinski definition) is 3. The number of aryl methyl sites for hydroxylation is 1. The summed E-state index contributed by atoms with van der Waals surface area (Å²) >= 11 is 1.19. The molecule has 0 bridgehead atoms. The van der Waals surface area contributed by atoms with Gasteiger partial charge in [0.05, 0.1) is 10.6 Å². The van der Waals surface area contributed by atoms with Gasteiger partial charge < -0.3 is 0 Å². The Morgan fingerprint density at radius 1 is 1.22 bits per heavy atom. The van der Waals surface area contributed by atoms with Crippen molar-refractivity contribution in [3.05, 3.63) is 40.4 Å². The molecule has 0 amide bonds. The first-order valence-electron chi connectivity index (χ1n) is 5.63. The summed E-state index contributed by atoms with van der Waals surface area (Å²) < 4.78 is 26.5. The molecule has 2 aromatic rings. The predicted octanol–water partition coefficient (Wildman–Crippen LogP) is 3.61. The number of aromatic nitrogens is 1. The molecule has 0 N–H and O–H groups in total. The second kappa shape index (κ2) is 4.24. The molecular weight excluding hydrogens is 256 g/mol. The normalized spacial score (nSPS) is 14.7. The van der Waals surface area contributed by atoms with E-state index in [1.54, 1.807) is 0 Å². The van der Waals surface area contributed by atoms with E-state index in [4.69, 9.17) is 0 Å². The molecule has 1 aromatic heterocycles. The van der Waals surface area contributed by atoms with Crippen LogP contribution in [0.5, 0.6) is 0 Å². The van der Waals surface area contributed by atoms with Gasteiger partial charge >= 0.3 is 0 Å². The number of fused-ring (bicyclic) bond motifs is 1. The number of hydrogen-bond donors (Lipinski definition) is 0. The minimum Gasteiger partial charge on any atom is -0.293 e. The van der Waals surface area contributed by atoms with E-state index in [1.165, 1.54) is 23.5 Å². The fourth-order valence-corrected chi connectivity index (χ4v) is 3.15. The molecule has 1 aliphatic carbocycles. The highest BCUT2D eigenvalue weighted by molar-refractivity contribution is 7.17.